The molecule has 6 heteroatoms. The third-order valence-corrected chi connectivity index (χ3v) is 2.64. The van der Waals surface area contributed by atoms with Gasteiger partial charge in [0.1, 0.15) is 10.8 Å². The average molecular weight is 237 g/mol. The van der Waals surface area contributed by atoms with Crippen molar-refractivity contribution in [1.82, 2.24) is 10.3 Å². The molecule has 2 nitrogen and oxygen atoms in total. The van der Waals surface area contributed by atoms with Gasteiger partial charge < -0.3 is 5.32 Å². The molecule has 0 fully saturated rings. The van der Waals surface area contributed by atoms with Crippen LogP contribution in [0.2, 0.25) is 5.15 Å². The predicted octanol–water partition coefficient (Wildman–Crippen LogP) is 2.40. The first kappa shape index (κ1) is 10.7. The van der Waals surface area contributed by atoms with Gasteiger partial charge in [0.2, 0.25) is 0 Å². The van der Waals surface area contributed by atoms with Gasteiger partial charge in [-0.3, -0.25) is 0 Å². The molecule has 0 amide bonds. The Bertz CT molecular complexity index is 390. The number of rotatable bonds is 0. The molecule has 0 bridgehead atoms. The molecule has 1 N–H and O–H groups in total. The first-order valence-electron chi connectivity index (χ1n) is 4.44. The summed E-state index contributed by atoms with van der Waals surface area (Å²) in [6.45, 7) is 1.14. The fourth-order valence-corrected chi connectivity index (χ4v) is 1.90. The molecule has 1 aliphatic rings. The van der Waals surface area contributed by atoms with Crippen LogP contribution < -0.4 is 5.32 Å². The lowest BCUT2D eigenvalue weighted by Crippen LogP contribution is -2.25. The van der Waals surface area contributed by atoms with Crippen LogP contribution in [0.15, 0.2) is 6.07 Å². The Morgan fingerprint density at radius 1 is 1.40 bits per heavy atom. The van der Waals surface area contributed by atoms with Gasteiger partial charge in [0.25, 0.3) is 0 Å². The maximum absolute atomic E-state index is 12.4. The van der Waals surface area contributed by atoms with Gasteiger partial charge in [-0.15, -0.1) is 0 Å². The van der Waals surface area contributed by atoms with E-state index in [4.69, 9.17) is 11.6 Å². The van der Waals surface area contributed by atoms with Gasteiger partial charge in [-0.1, -0.05) is 11.6 Å². The van der Waals surface area contributed by atoms with Crippen LogP contribution in [0.25, 0.3) is 0 Å². The highest BCUT2D eigenvalue weighted by atomic mass is 35.5. The normalized spacial score (nSPS) is 16.3. The van der Waals surface area contributed by atoms with Crippen molar-refractivity contribution >= 4 is 11.6 Å². The molecule has 15 heavy (non-hydrogen) atoms. The molecule has 1 aromatic heterocycles. The lowest BCUT2D eigenvalue weighted by molar-refractivity contribution is -0.141. The molecular weight excluding hydrogens is 229 g/mol. The van der Waals surface area contributed by atoms with Crippen molar-refractivity contribution in [1.29, 1.82) is 0 Å². The maximum Gasteiger partial charge on any atom is 0.433 e. The van der Waals surface area contributed by atoms with Crippen LogP contribution in [0.1, 0.15) is 16.8 Å². The molecule has 0 radical (unpaired) electrons. The predicted molar refractivity (Wildman–Crippen MR) is 49.7 cm³/mol. The number of aromatic nitrogens is 1. The number of fused-ring (bicyclic) bond motifs is 1. The van der Waals surface area contributed by atoms with Crippen molar-refractivity contribution in [2.24, 2.45) is 0 Å². The van der Waals surface area contributed by atoms with Crippen LogP contribution in [0.4, 0.5) is 13.2 Å². The molecule has 0 spiro atoms. The summed E-state index contributed by atoms with van der Waals surface area (Å²) in [6.07, 6.45) is -3.81. The summed E-state index contributed by atoms with van der Waals surface area (Å²) in [5.41, 5.74) is 0.395. The highest BCUT2D eigenvalue weighted by Gasteiger charge is 2.34. The molecule has 0 aromatic carbocycles. The van der Waals surface area contributed by atoms with Crippen molar-refractivity contribution in [2.45, 2.75) is 19.1 Å². The summed E-state index contributed by atoms with van der Waals surface area (Å²) in [7, 11) is 0. The van der Waals surface area contributed by atoms with Crippen LogP contribution in [-0.2, 0) is 19.1 Å². The SMILES string of the molecule is FC(F)(F)c1cc2c(c(Cl)n1)CCNC2. The lowest BCUT2D eigenvalue weighted by Gasteiger charge is -2.19. The van der Waals surface area contributed by atoms with E-state index in [2.05, 4.69) is 10.3 Å². The third-order valence-electron chi connectivity index (χ3n) is 2.32. The van der Waals surface area contributed by atoms with Crippen LogP contribution in [-0.4, -0.2) is 11.5 Å². The number of halogens is 4. The standard InChI is InChI=1S/C9H8ClF3N2/c10-8-6-1-2-14-4-5(6)3-7(15-8)9(11,12)13/h3,14H,1-2,4H2. The monoisotopic (exact) mass is 236 g/mol. The minimum Gasteiger partial charge on any atom is -0.312 e. The number of hydrogen-bond donors (Lipinski definition) is 1. The van der Waals surface area contributed by atoms with E-state index >= 15 is 0 Å². The van der Waals surface area contributed by atoms with Crippen molar-refractivity contribution in [3.05, 3.63) is 28.0 Å². The Hall–Kier alpha value is -0.810. The molecule has 0 atom stereocenters. The number of nitrogens with zero attached hydrogens (tertiary/aromatic N) is 1. The van der Waals surface area contributed by atoms with E-state index in [1.54, 1.807) is 0 Å². The smallest absolute Gasteiger partial charge is 0.312 e. The van der Waals surface area contributed by atoms with Crippen molar-refractivity contribution < 1.29 is 13.2 Å². The van der Waals surface area contributed by atoms with Gasteiger partial charge in [-0.2, -0.15) is 13.2 Å². The second-order valence-electron chi connectivity index (χ2n) is 3.36. The second-order valence-corrected chi connectivity index (χ2v) is 3.72. The Morgan fingerprint density at radius 3 is 2.80 bits per heavy atom. The number of hydrogen-bond acceptors (Lipinski definition) is 2. The molecule has 1 aromatic rings. The Kier molecular flexibility index (Phi) is 2.60. The zero-order chi connectivity index (χ0) is 11.1. The fraction of sp³-hybridized carbons (Fsp3) is 0.444. The first-order chi connectivity index (χ1) is 6.98. The van der Waals surface area contributed by atoms with Crippen molar-refractivity contribution in [2.75, 3.05) is 6.54 Å². The van der Waals surface area contributed by atoms with E-state index < -0.39 is 11.9 Å². The summed E-state index contributed by atoms with van der Waals surface area (Å²) in [6, 6.07) is 1.06. The minimum atomic E-state index is -4.43. The third kappa shape index (κ3) is 2.08. The summed E-state index contributed by atoms with van der Waals surface area (Å²) < 4.78 is 37.2. The highest BCUT2D eigenvalue weighted by molar-refractivity contribution is 6.30. The van der Waals surface area contributed by atoms with Crippen molar-refractivity contribution in [3.63, 3.8) is 0 Å². The highest BCUT2D eigenvalue weighted by Crippen LogP contribution is 2.32. The number of pyridine rings is 1. The first-order valence-corrected chi connectivity index (χ1v) is 4.82. The molecule has 0 aliphatic carbocycles. The van der Waals surface area contributed by atoms with E-state index in [0.717, 1.165) is 18.2 Å². The van der Waals surface area contributed by atoms with Gasteiger partial charge in [0.05, 0.1) is 0 Å². The minimum absolute atomic E-state index is 0.0266. The van der Waals surface area contributed by atoms with Gasteiger partial charge >= 0.3 is 6.18 Å². The molecule has 2 rings (SSSR count). The summed E-state index contributed by atoms with van der Waals surface area (Å²) in [5, 5.41) is 2.97. The van der Waals surface area contributed by atoms with Gasteiger partial charge in [0, 0.05) is 6.54 Å². The quantitative estimate of drug-likeness (QED) is 0.700. The largest absolute Gasteiger partial charge is 0.433 e. The zero-order valence-electron chi connectivity index (χ0n) is 7.66. The van der Waals surface area contributed by atoms with Crippen LogP contribution in [0, 0.1) is 0 Å². The van der Waals surface area contributed by atoms with Crippen LogP contribution in [0.3, 0.4) is 0 Å². The average Bonchev–Trinajstić information content (AvgIpc) is 2.16. The lowest BCUT2D eigenvalue weighted by atomic mass is 10.0. The second kappa shape index (κ2) is 3.64. The van der Waals surface area contributed by atoms with Gasteiger partial charge in [0.15, 0.2) is 0 Å². The van der Waals surface area contributed by atoms with E-state index in [9.17, 15) is 13.2 Å². The van der Waals surface area contributed by atoms with Gasteiger partial charge in [-0.25, -0.2) is 4.98 Å². The molecule has 1 aliphatic heterocycles. The zero-order valence-corrected chi connectivity index (χ0v) is 8.41. The summed E-state index contributed by atoms with van der Waals surface area (Å²) in [5.74, 6) is 0. The van der Waals surface area contributed by atoms with E-state index in [0.29, 0.717) is 18.5 Å². The van der Waals surface area contributed by atoms with Crippen LogP contribution in [0.5, 0.6) is 0 Å². The van der Waals surface area contributed by atoms with E-state index in [1.165, 1.54) is 0 Å². The summed E-state index contributed by atoms with van der Waals surface area (Å²) in [4.78, 5) is 3.37. The molecule has 0 saturated carbocycles. The summed E-state index contributed by atoms with van der Waals surface area (Å²) >= 11 is 5.71. The Labute approximate surface area is 89.5 Å². The Balaban J connectivity index is 2.50. The molecule has 0 unspecified atom stereocenters. The molecule has 2 heterocycles. The van der Waals surface area contributed by atoms with E-state index in [1.807, 2.05) is 0 Å². The molecule has 82 valence electrons. The number of alkyl halides is 3. The Morgan fingerprint density at radius 2 is 2.13 bits per heavy atom. The molecule has 0 saturated heterocycles. The topological polar surface area (TPSA) is 24.9 Å². The number of nitrogens with one attached hydrogen (secondary N) is 1. The molecular formula is C9H8ClF3N2. The van der Waals surface area contributed by atoms with E-state index in [-0.39, 0.29) is 5.15 Å². The van der Waals surface area contributed by atoms with Crippen molar-refractivity contribution in [3.8, 4) is 0 Å². The fourth-order valence-electron chi connectivity index (χ4n) is 1.59. The maximum atomic E-state index is 12.4. The van der Waals surface area contributed by atoms with Crippen LogP contribution >= 0.6 is 11.6 Å². The van der Waals surface area contributed by atoms with Gasteiger partial charge in [-0.05, 0) is 30.2 Å².